The van der Waals surface area contributed by atoms with Crippen molar-refractivity contribution in [3.05, 3.63) is 0 Å². The van der Waals surface area contributed by atoms with E-state index in [0.717, 1.165) is 25.9 Å². The van der Waals surface area contributed by atoms with E-state index in [9.17, 15) is 9.90 Å². The molecule has 5 heteroatoms. The Kier molecular flexibility index (Phi) is 8.97. The minimum absolute atomic E-state index is 0.352. The largest absolute Gasteiger partial charge is 0.480 e. The van der Waals surface area contributed by atoms with Gasteiger partial charge >= 0.3 is 5.97 Å². The highest BCUT2D eigenvalue weighted by Crippen LogP contribution is 2.14. The van der Waals surface area contributed by atoms with Crippen molar-refractivity contribution in [2.45, 2.75) is 51.6 Å². The molecule has 0 rings (SSSR count). The number of likely N-dealkylation sites (N-methyl/N-ethyl adjacent to an activating group) is 1. The van der Waals surface area contributed by atoms with Crippen molar-refractivity contribution in [3.63, 3.8) is 0 Å². The highest BCUT2D eigenvalue weighted by Gasteiger charge is 2.31. The van der Waals surface area contributed by atoms with E-state index in [2.05, 4.69) is 17.1 Å². The molecule has 0 saturated heterocycles. The number of aliphatic carboxylic acids is 1. The zero-order chi connectivity index (χ0) is 14.9. The van der Waals surface area contributed by atoms with Gasteiger partial charge in [-0.2, -0.15) is 0 Å². The Morgan fingerprint density at radius 1 is 1.53 bits per heavy atom. The molecule has 0 aromatic carbocycles. The van der Waals surface area contributed by atoms with Crippen LogP contribution in [0.5, 0.6) is 0 Å². The smallest absolute Gasteiger partial charge is 0.323 e. The van der Waals surface area contributed by atoms with Crippen LogP contribution in [0.4, 0.5) is 0 Å². The Morgan fingerprint density at radius 3 is 2.63 bits per heavy atom. The van der Waals surface area contributed by atoms with E-state index in [0.29, 0.717) is 19.1 Å². The van der Waals surface area contributed by atoms with Crippen LogP contribution in [-0.2, 0) is 9.53 Å². The predicted octanol–water partition coefficient (Wildman–Crippen LogP) is 1.58. The quantitative estimate of drug-likeness (QED) is 0.599. The van der Waals surface area contributed by atoms with E-state index >= 15 is 0 Å². The first kappa shape index (κ1) is 18.4. The summed E-state index contributed by atoms with van der Waals surface area (Å²) >= 11 is 0. The molecule has 0 bridgehead atoms. The fraction of sp³-hybridized carbons (Fsp3) is 0.929. The number of nitrogens with zero attached hydrogens (tertiary/aromatic N) is 1. The summed E-state index contributed by atoms with van der Waals surface area (Å²) in [5, 5.41) is 12.5. The number of hydrogen-bond acceptors (Lipinski definition) is 4. The van der Waals surface area contributed by atoms with Gasteiger partial charge in [-0.1, -0.05) is 6.92 Å². The van der Waals surface area contributed by atoms with E-state index in [1.165, 1.54) is 0 Å². The van der Waals surface area contributed by atoms with Crippen molar-refractivity contribution in [2.75, 3.05) is 33.9 Å². The number of carboxylic acid groups (broad SMARTS) is 1. The SMILES string of the molecule is CCCNC(C)(CCCN(C)C(C)COC)C(=O)O. The molecule has 0 spiro atoms. The maximum absolute atomic E-state index is 11.3. The van der Waals surface area contributed by atoms with E-state index in [1.54, 1.807) is 14.0 Å². The van der Waals surface area contributed by atoms with Crippen molar-refractivity contribution in [1.82, 2.24) is 10.2 Å². The maximum atomic E-state index is 11.3. The van der Waals surface area contributed by atoms with Crippen LogP contribution < -0.4 is 5.32 Å². The lowest BCUT2D eigenvalue weighted by atomic mass is 9.95. The molecule has 2 N–H and O–H groups in total. The molecule has 114 valence electrons. The second-order valence-corrected chi connectivity index (χ2v) is 5.45. The van der Waals surface area contributed by atoms with E-state index in [1.807, 2.05) is 14.0 Å². The first-order valence-electron chi connectivity index (χ1n) is 7.05. The summed E-state index contributed by atoms with van der Waals surface area (Å²) in [7, 11) is 3.74. The average Bonchev–Trinajstić information content (AvgIpc) is 2.36. The van der Waals surface area contributed by atoms with Crippen molar-refractivity contribution in [1.29, 1.82) is 0 Å². The Bertz CT molecular complexity index is 261. The van der Waals surface area contributed by atoms with Gasteiger partial charge in [0.15, 0.2) is 0 Å². The Labute approximate surface area is 117 Å². The monoisotopic (exact) mass is 274 g/mol. The molecule has 0 aliphatic carbocycles. The lowest BCUT2D eigenvalue weighted by Crippen LogP contribution is -2.50. The first-order valence-corrected chi connectivity index (χ1v) is 7.05. The van der Waals surface area contributed by atoms with Gasteiger partial charge in [0.1, 0.15) is 5.54 Å². The van der Waals surface area contributed by atoms with Crippen LogP contribution >= 0.6 is 0 Å². The fourth-order valence-corrected chi connectivity index (χ4v) is 1.94. The molecule has 2 unspecified atom stereocenters. The van der Waals surface area contributed by atoms with Crippen LogP contribution in [0.15, 0.2) is 0 Å². The zero-order valence-corrected chi connectivity index (χ0v) is 13.0. The van der Waals surface area contributed by atoms with Crippen molar-refractivity contribution < 1.29 is 14.6 Å². The molecule has 0 aliphatic heterocycles. The van der Waals surface area contributed by atoms with Gasteiger partial charge in [0, 0.05) is 13.2 Å². The number of ether oxygens (including phenoxy) is 1. The third-order valence-electron chi connectivity index (χ3n) is 3.59. The number of carboxylic acids is 1. The third kappa shape index (κ3) is 6.89. The van der Waals surface area contributed by atoms with Crippen LogP contribution in [0.1, 0.15) is 40.0 Å². The van der Waals surface area contributed by atoms with E-state index < -0.39 is 11.5 Å². The van der Waals surface area contributed by atoms with Gasteiger partial charge in [-0.15, -0.1) is 0 Å². The van der Waals surface area contributed by atoms with Crippen molar-refractivity contribution in [2.24, 2.45) is 0 Å². The van der Waals surface area contributed by atoms with Crippen molar-refractivity contribution in [3.8, 4) is 0 Å². The molecular formula is C14H30N2O3. The molecule has 5 nitrogen and oxygen atoms in total. The van der Waals surface area contributed by atoms with Gasteiger partial charge in [0.25, 0.3) is 0 Å². The number of nitrogens with one attached hydrogen (secondary N) is 1. The molecular weight excluding hydrogens is 244 g/mol. The Hall–Kier alpha value is -0.650. The molecule has 0 radical (unpaired) electrons. The highest BCUT2D eigenvalue weighted by molar-refractivity contribution is 5.78. The molecule has 0 saturated carbocycles. The summed E-state index contributed by atoms with van der Waals surface area (Å²) in [4.78, 5) is 13.5. The average molecular weight is 274 g/mol. The summed E-state index contributed by atoms with van der Waals surface area (Å²) in [6.45, 7) is 8.22. The molecule has 0 aliphatic rings. The van der Waals surface area contributed by atoms with Gasteiger partial charge in [0.2, 0.25) is 0 Å². The molecule has 0 heterocycles. The second-order valence-electron chi connectivity index (χ2n) is 5.45. The van der Waals surface area contributed by atoms with Gasteiger partial charge in [-0.3, -0.25) is 4.79 Å². The van der Waals surface area contributed by atoms with Crippen molar-refractivity contribution >= 4 is 5.97 Å². The topological polar surface area (TPSA) is 61.8 Å². The van der Waals surface area contributed by atoms with Crippen LogP contribution in [0, 0.1) is 0 Å². The second kappa shape index (κ2) is 9.28. The molecule has 2 atom stereocenters. The van der Waals surface area contributed by atoms with Crippen LogP contribution in [-0.4, -0.2) is 61.4 Å². The first-order chi connectivity index (χ1) is 8.87. The van der Waals surface area contributed by atoms with Crippen LogP contribution in [0.3, 0.4) is 0 Å². The van der Waals surface area contributed by atoms with Gasteiger partial charge < -0.3 is 20.1 Å². The molecule has 0 amide bonds. The zero-order valence-electron chi connectivity index (χ0n) is 13.0. The Balaban J connectivity index is 4.15. The number of hydrogen-bond donors (Lipinski definition) is 2. The molecule has 0 aromatic rings. The standard InChI is InChI=1S/C14H30N2O3/c1-6-9-15-14(3,13(17)18)8-7-10-16(4)12(2)11-19-5/h12,15H,6-11H2,1-5H3,(H,17,18). The van der Waals surface area contributed by atoms with Gasteiger partial charge in [-0.05, 0) is 53.2 Å². The maximum Gasteiger partial charge on any atom is 0.323 e. The summed E-state index contributed by atoms with van der Waals surface area (Å²) in [5.74, 6) is -0.770. The summed E-state index contributed by atoms with van der Waals surface area (Å²) in [6.07, 6.45) is 2.42. The van der Waals surface area contributed by atoms with E-state index in [4.69, 9.17) is 4.74 Å². The summed E-state index contributed by atoms with van der Waals surface area (Å²) in [5.41, 5.74) is -0.818. The number of carbonyl (C=O) groups is 1. The van der Waals surface area contributed by atoms with Gasteiger partial charge in [-0.25, -0.2) is 0 Å². The number of rotatable bonds is 11. The molecule has 0 aromatic heterocycles. The fourth-order valence-electron chi connectivity index (χ4n) is 1.94. The molecule has 0 fully saturated rings. The highest BCUT2D eigenvalue weighted by atomic mass is 16.5. The normalized spacial score (nSPS) is 16.3. The van der Waals surface area contributed by atoms with Crippen LogP contribution in [0.2, 0.25) is 0 Å². The lowest BCUT2D eigenvalue weighted by molar-refractivity contribution is -0.144. The van der Waals surface area contributed by atoms with E-state index in [-0.39, 0.29) is 0 Å². The van der Waals surface area contributed by atoms with Gasteiger partial charge in [0.05, 0.1) is 6.61 Å². The number of methoxy groups -OCH3 is 1. The summed E-state index contributed by atoms with van der Waals surface area (Å²) < 4.78 is 5.12. The molecule has 19 heavy (non-hydrogen) atoms. The Morgan fingerprint density at radius 2 is 2.16 bits per heavy atom. The minimum Gasteiger partial charge on any atom is -0.480 e. The minimum atomic E-state index is -0.818. The van der Waals surface area contributed by atoms with Crippen LogP contribution in [0.25, 0.3) is 0 Å². The lowest BCUT2D eigenvalue weighted by Gasteiger charge is -2.29. The summed E-state index contributed by atoms with van der Waals surface area (Å²) in [6, 6.07) is 0.352. The third-order valence-corrected chi connectivity index (χ3v) is 3.59. The predicted molar refractivity (Wildman–Crippen MR) is 77.5 cm³/mol.